The molecule has 0 unspecified atom stereocenters. The highest BCUT2D eigenvalue weighted by molar-refractivity contribution is 7.99. The quantitative estimate of drug-likeness (QED) is 0.903. The summed E-state index contributed by atoms with van der Waals surface area (Å²) in [4.78, 5) is 26.2. The number of carbonyl (C=O) groups excluding carboxylic acids is 2. The van der Waals surface area contributed by atoms with E-state index in [2.05, 4.69) is 11.6 Å². The number of furan rings is 1. The van der Waals surface area contributed by atoms with Crippen LogP contribution in [0.1, 0.15) is 41.1 Å². The van der Waals surface area contributed by atoms with Crippen molar-refractivity contribution in [1.29, 1.82) is 0 Å². The Hall–Kier alpha value is -1.43. The topological polar surface area (TPSA) is 62.6 Å². The van der Waals surface area contributed by atoms with Crippen molar-refractivity contribution in [2.24, 2.45) is 0 Å². The van der Waals surface area contributed by atoms with E-state index in [1.165, 1.54) is 0 Å². The Labute approximate surface area is 135 Å². The largest absolute Gasteiger partial charge is 0.466 e. The number of aryl methyl sites for hydroxylation is 2. The van der Waals surface area contributed by atoms with E-state index in [4.69, 9.17) is 4.42 Å². The van der Waals surface area contributed by atoms with Crippen LogP contribution in [0.2, 0.25) is 0 Å². The number of nitrogens with zero attached hydrogens (tertiary/aromatic N) is 1. The molecule has 0 spiro atoms. The lowest BCUT2D eigenvalue weighted by molar-refractivity contribution is -0.130. The smallest absolute Gasteiger partial charge is 0.255 e. The third kappa shape index (κ3) is 3.66. The first-order chi connectivity index (χ1) is 10.4. The molecule has 0 radical (unpaired) electrons. The lowest BCUT2D eigenvalue weighted by Gasteiger charge is -2.29. The molecular weight excluding hydrogens is 300 g/mol. The Kier molecular flexibility index (Phi) is 5.56. The van der Waals surface area contributed by atoms with E-state index in [1.807, 2.05) is 18.8 Å². The van der Waals surface area contributed by atoms with Gasteiger partial charge in [0.2, 0.25) is 5.91 Å². The van der Waals surface area contributed by atoms with Gasteiger partial charge < -0.3 is 14.6 Å². The summed E-state index contributed by atoms with van der Waals surface area (Å²) in [6.45, 7) is 3.57. The summed E-state index contributed by atoms with van der Waals surface area (Å²) < 4.78 is 5.34. The van der Waals surface area contributed by atoms with Gasteiger partial charge in [-0.15, -0.1) is 0 Å². The maximum Gasteiger partial charge on any atom is 0.255 e. The Balaban J connectivity index is 1.89. The molecule has 0 aromatic carbocycles. The minimum absolute atomic E-state index is 0.0244. The molecular formula is C16H24N2O3S. The van der Waals surface area contributed by atoms with Gasteiger partial charge in [-0.2, -0.15) is 11.8 Å². The second-order valence-electron chi connectivity index (χ2n) is 5.79. The summed E-state index contributed by atoms with van der Waals surface area (Å²) in [5.74, 6) is 0.968. The van der Waals surface area contributed by atoms with Crippen molar-refractivity contribution in [1.82, 2.24) is 10.2 Å². The number of nitrogens with one attached hydrogen (secondary N) is 1. The van der Waals surface area contributed by atoms with E-state index in [0.29, 0.717) is 22.3 Å². The lowest BCUT2D eigenvalue weighted by atomic mass is 10.2. The molecule has 6 heteroatoms. The fourth-order valence-corrected chi connectivity index (χ4v) is 4.08. The zero-order valence-electron chi connectivity index (χ0n) is 13.6. The Morgan fingerprint density at radius 1 is 1.41 bits per heavy atom. The van der Waals surface area contributed by atoms with Crippen LogP contribution in [0, 0.1) is 13.8 Å². The minimum atomic E-state index is -0.260. The van der Waals surface area contributed by atoms with Crippen LogP contribution >= 0.6 is 11.8 Å². The zero-order chi connectivity index (χ0) is 16.3. The summed E-state index contributed by atoms with van der Waals surface area (Å²) in [7, 11) is 1.83. The molecule has 0 aliphatic heterocycles. The Morgan fingerprint density at radius 2 is 2.14 bits per heavy atom. The summed E-state index contributed by atoms with van der Waals surface area (Å²) in [6.07, 6.45) is 5.45. The fraction of sp³-hybridized carbons (Fsp3) is 0.625. The molecule has 1 saturated carbocycles. The van der Waals surface area contributed by atoms with E-state index in [-0.39, 0.29) is 24.4 Å². The fourth-order valence-electron chi connectivity index (χ4n) is 3.04. The average molecular weight is 324 g/mol. The number of carbonyl (C=O) groups is 2. The van der Waals surface area contributed by atoms with E-state index in [9.17, 15) is 9.59 Å². The zero-order valence-corrected chi connectivity index (χ0v) is 14.5. The van der Waals surface area contributed by atoms with Crippen molar-refractivity contribution >= 4 is 23.6 Å². The normalized spacial score (nSPS) is 20.9. The number of hydrogen-bond donors (Lipinski definition) is 1. The van der Waals surface area contributed by atoms with Crippen LogP contribution in [-0.4, -0.2) is 47.9 Å². The number of hydrogen-bond acceptors (Lipinski definition) is 4. The van der Waals surface area contributed by atoms with Crippen molar-refractivity contribution in [2.45, 2.75) is 44.4 Å². The van der Waals surface area contributed by atoms with E-state index in [1.54, 1.807) is 24.8 Å². The van der Waals surface area contributed by atoms with Gasteiger partial charge in [-0.3, -0.25) is 9.59 Å². The maximum absolute atomic E-state index is 12.3. The predicted octanol–water partition coefficient (Wildman–Crippen LogP) is 2.37. The van der Waals surface area contributed by atoms with Crippen molar-refractivity contribution in [3.8, 4) is 0 Å². The Morgan fingerprint density at radius 3 is 2.73 bits per heavy atom. The minimum Gasteiger partial charge on any atom is -0.466 e. The molecule has 2 atom stereocenters. The number of thioether (sulfide) groups is 1. The van der Waals surface area contributed by atoms with Crippen molar-refractivity contribution in [3.63, 3.8) is 0 Å². The van der Waals surface area contributed by atoms with Gasteiger partial charge >= 0.3 is 0 Å². The van der Waals surface area contributed by atoms with Crippen LogP contribution in [0.3, 0.4) is 0 Å². The molecule has 2 rings (SSSR count). The van der Waals surface area contributed by atoms with Crippen molar-refractivity contribution in [2.75, 3.05) is 19.8 Å². The van der Waals surface area contributed by atoms with E-state index < -0.39 is 0 Å². The molecule has 5 nitrogen and oxygen atoms in total. The molecule has 0 saturated heterocycles. The van der Waals surface area contributed by atoms with Gasteiger partial charge in [0, 0.05) is 18.3 Å². The third-order valence-corrected chi connectivity index (χ3v) is 5.45. The van der Waals surface area contributed by atoms with Gasteiger partial charge in [0.05, 0.1) is 12.1 Å². The standard InChI is InChI=1S/C16H24N2O3S/c1-10-8-12(11(2)21-10)16(20)17-9-15(19)18(3)13-6-5-7-14(13)22-4/h8,13-14H,5-7,9H2,1-4H3,(H,17,20)/t13-,14+/m1/s1. The Bertz CT molecular complexity index is 556. The van der Waals surface area contributed by atoms with Crippen molar-refractivity contribution < 1.29 is 14.0 Å². The SMILES string of the molecule is CS[C@H]1CCC[C@H]1N(C)C(=O)CNC(=O)c1cc(C)oc1C. The van der Waals surface area contributed by atoms with Gasteiger partial charge in [-0.25, -0.2) is 0 Å². The molecule has 22 heavy (non-hydrogen) atoms. The van der Waals surface area contributed by atoms with Crippen LogP contribution in [-0.2, 0) is 4.79 Å². The van der Waals surface area contributed by atoms with Crippen LogP contribution in [0.15, 0.2) is 10.5 Å². The molecule has 1 N–H and O–H groups in total. The molecule has 122 valence electrons. The van der Waals surface area contributed by atoms with Crippen LogP contribution in [0.5, 0.6) is 0 Å². The van der Waals surface area contributed by atoms with Gasteiger partial charge in [0.25, 0.3) is 5.91 Å². The van der Waals surface area contributed by atoms with Gasteiger partial charge in [-0.1, -0.05) is 6.42 Å². The third-order valence-electron chi connectivity index (χ3n) is 4.30. The lowest BCUT2D eigenvalue weighted by Crippen LogP contribution is -2.45. The first kappa shape index (κ1) is 16.9. The van der Waals surface area contributed by atoms with Gasteiger partial charge in [0.1, 0.15) is 11.5 Å². The molecule has 0 bridgehead atoms. The second-order valence-corrected chi connectivity index (χ2v) is 6.86. The highest BCUT2D eigenvalue weighted by atomic mass is 32.2. The van der Waals surface area contributed by atoms with Crippen LogP contribution in [0.25, 0.3) is 0 Å². The number of rotatable bonds is 5. The highest BCUT2D eigenvalue weighted by Crippen LogP contribution is 2.31. The number of amides is 2. The van der Waals surface area contributed by atoms with Gasteiger partial charge in [-0.05, 0) is 39.0 Å². The van der Waals surface area contributed by atoms with Crippen LogP contribution < -0.4 is 5.32 Å². The summed E-state index contributed by atoms with van der Waals surface area (Å²) in [5.41, 5.74) is 0.496. The van der Waals surface area contributed by atoms with E-state index in [0.717, 1.165) is 19.3 Å². The van der Waals surface area contributed by atoms with E-state index >= 15 is 0 Å². The molecule has 1 heterocycles. The highest BCUT2D eigenvalue weighted by Gasteiger charge is 2.32. The molecule has 2 amide bonds. The molecule has 1 aliphatic rings. The molecule has 1 aromatic rings. The molecule has 1 fully saturated rings. The predicted molar refractivity (Wildman–Crippen MR) is 88.2 cm³/mol. The van der Waals surface area contributed by atoms with Crippen LogP contribution in [0.4, 0.5) is 0 Å². The summed E-state index contributed by atoms with van der Waals surface area (Å²) >= 11 is 1.82. The molecule has 1 aromatic heterocycles. The first-order valence-corrected chi connectivity index (χ1v) is 8.86. The molecule has 1 aliphatic carbocycles. The van der Waals surface area contributed by atoms with Gasteiger partial charge in [0.15, 0.2) is 0 Å². The second kappa shape index (κ2) is 7.22. The summed E-state index contributed by atoms with van der Waals surface area (Å²) in [6, 6.07) is 1.97. The first-order valence-electron chi connectivity index (χ1n) is 7.57. The van der Waals surface area contributed by atoms with Crippen molar-refractivity contribution in [3.05, 3.63) is 23.2 Å². The summed E-state index contributed by atoms with van der Waals surface area (Å²) in [5, 5.41) is 3.20. The average Bonchev–Trinajstić information content (AvgIpc) is 3.09. The number of likely N-dealkylation sites (N-methyl/N-ethyl adjacent to an activating group) is 1. The maximum atomic E-state index is 12.3. The monoisotopic (exact) mass is 324 g/mol.